The van der Waals surface area contributed by atoms with Gasteiger partial charge in [0, 0.05) is 18.1 Å². The van der Waals surface area contributed by atoms with Crippen LogP contribution in [0.3, 0.4) is 0 Å². The number of hydrogen-bond donors (Lipinski definition) is 1. The third-order valence-electron chi connectivity index (χ3n) is 2.24. The molecule has 2 aromatic rings. The van der Waals surface area contributed by atoms with Gasteiger partial charge in [0.25, 0.3) is 0 Å². The zero-order chi connectivity index (χ0) is 11.5. The van der Waals surface area contributed by atoms with Crippen LogP contribution in [0.1, 0.15) is 12.6 Å². The topological polar surface area (TPSA) is 54.6 Å². The van der Waals surface area contributed by atoms with Gasteiger partial charge in [-0.25, -0.2) is 4.98 Å². The van der Waals surface area contributed by atoms with E-state index >= 15 is 0 Å². The Bertz CT molecular complexity index is 476. The Kier molecular flexibility index (Phi) is 3.14. The lowest BCUT2D eigenvalue weighted by molar-refractivity contribution is -0.136. The number of imidazole rings is 1. The molecule has 0 aliphatic carbocycles. The number of rotatable bonds is 4. The molecule has 2 rings (SSSR count). The Morgan fingerprint density at radius 1 is 1.62 bits per heavy atom. The van der Waals surface area contributed by atoms with Gasteiger partial charge < -0.3 is 9.51 Å². The molecule has 0 fully saturated rings. The lowest BCUT2D eigenvalue weighted by Gasteiger charge is -2.02. The third-order valence-corrected chi connectivity index (χ3v) is 3.41. The molecule has 5 heteroatoms. The number of aromatic nitrogens is 2. The molecule has 2 heterocycles. The van der Waals surface area contributed by atoms with Gasteiger partial charge in [-0.05, 0) is 19.1 Å². The molecule has 4 nitrogen and oxygen atoms in total. The molecular formula is C11H12N2O2S. The number of thioether (sulfide) groups is 1. The summed E-state index contributed by atoms with van der Waals surface area (Å²) in [6, 6.07) is 5.79. The molecule has 0 aliphatic heterocycles. The number of carbonyl (C=O) groups is 1. The molecule has 1 unspecified atom stereocenters. The maximum atomic E-state index is 10.6. The minimum Gasteiger partial charge on any atom is -0.480 e. The Balaban J connectivity index is 2.07. The van der Waals surface area contributed by atoms with E-state index in [1.54, 1.807) is 6.92 Å². The van der Waals surface area contributed by atoms with Crippen molar-refractivity contribution in [3.63, 3.8) is 0 Å². The van der Waals surface area contributed by atoms with Crippen molar-refractivity contribution in [2.75, 3.05) is 0 Å². The van der Waals surface area contributed by atoms with Crippen molar-refractivity contribution in [1.29, 1.82) is 0 Å². The highest BCUT2D eigenvalue weighted by Crippen LogP contribution is 2.17. The van der Waals surface area contributed by atoms with E-state index < -0.39 is 11.2 Å². The summed E-state index contributed by atoms with van der Waals surface area (Å²) in [6.45, 7) is 1.68. The van der Waals surface area contributed by atoms with E-state index in [1.807, 2.05) is 35.0 Å². The molecule has 1 N–H and O–H groups in total. The van der Waals surface area contributed by atoms with Crippen LogP contribution in [-0.2, 0) is 10.5 Å². The Morgan fingerprint density at radius 2 is 2.44 bits per heavy atom. The number of carboxylic acid groups (broad SMARTS) is 1. The van der Waals surface area contributed by atoms with Crippen molar-refractivity contribution in [3.05, 3.63) is 36.3 Å². The van der Waals surface area contributed by atoms with Crippen LogP contribution in [0.25, 0.3) is 5.65 Å². The summed E-state index contributed by atoms with van der Waals surface area (Å²) in [5.41, 5.74) is 1.80. The lowest BCUT2D eigenvalue weighted by atomic mass is 10.5. The van der Waals surface area contributed by atoms with Gasteiger partial charge >= 0.3 is 5.97 Å². The number of fused-ring (bicyclic) bond motifs is 1. The number of pyridine rings is 1. The van der Waals surface area contributed by atoms with Crippen molar-refractivity contribution in [2.45, 2.75) is 17.9 Å². The van der Waals surface area contributed by atoms with E-state index in [0.717, 1.165) is 11.3 Å². The molecule has 0 aliphatic rings. The van der Waals surface area contributed by atoms with E-state index in [9.17, 15) is 4.79 Å². The van der Waals surface area contributed by atoms with E-state index in [2.05, 4.69) is 4.98 Å². The van der Waals surface area contributed by atoms with Crippen molar-refractivity contribution in [1.82, 2.24) is 9.38 Å². The van der Waals surface area contributed by atoms with Gasteiger partial charge in [-0.2, -0.15) is 0 Å². The Labute approximate surface area is 97.3 Å². The van der Waals surface area contributed by atoms with Crippen LogP contribution in [0.2, 0.25) is 0 Å². The maximum Gasteiger partial charge on any atom is 0.316 e. The van der Waals surface area contributed by atoms with E-state index in [1.165, 1.54) is 11.8 Å². The molecule has 1 atom stereocenters. The van der Waals surface area contributed by atoms with Gasteiger partial charge in [0.15, 0.2) is 0 Å². The summed E-state index contributed by atoms with van der Waals surface area (Å²) in [5.74, 6) is -0.163. The number of carboxylic acids is 1. The first-order chi connectivity index (χ1) is 7.66. The van der Waals surface area contributed by atoms with E-state index in [0.29, 0.717) is 5.75 Å². The van der Waals surface area contributed by atoms with Crippen LogP contribution < -0.4 is 0 Å². The van der Waals surface area contributed by atoms with Crippen molar-refractivity contribution in [2.24, 2.45) is 0 Å². The van der Waals surface area contributed by atoms with Gasteiger partial charge in [0.1, 0.15) is 5.65 Å². The zero-order valence-electron chi connectivity index (χ0n) is 8.83. The predicted octanol–water partition coefficient (Wildman–Crippen LogP) is 2.04. The SMILES string of the molecule is CC(SCc1cn2ccccc2n1)C(=O)O. The van der Waals surface area contributed by atoms with Crippen molar-refractivity contribution >= 4 is 23.4 Å². The molecule has 0 amide bonds. The average molecular weight is 236 g/mol. The average Bonchev–Trinajstić information content (AvgIpc) is 2.68. The summed E-state index contributed by atoms with van der Waals surface area (Å²) in [4.78, 5) is 15.0. The fourth-order valence-electron chi connectivity index (χ4n) is 1.34. The largest absolute Gasteiger partial charge is 0.480 e. The fourth-order valence-corrected chi connectivity index (χ4v) is 2.04. The number of aliphatic carboxylic acids is 1. The smallest absolute Gasteiger partial charge is 0.316 e. The zero-order valence-corrected chi connectivity index (χ0v) is 9.65. The first-order valence-electron chi connectivity index (χ1n) is 4.94. The second-order valence-corrected chi connectivity index (χ2v) is 4.82. The van der Waals surface area contributed by atoms with Crippen LogP contribution in [0, 0.1) is 0 Å². The highest BCUT2D eigenvalue weighted by molar-refractivity contribution is 7.99. The quantitative estimate of drug-likeness (QED) is 0.882. The molecule has 84 valence electrons. The Hall–Kier alpha value is -1.49. The predicted molar refractivity (Wildman–Crippen MR) is 63.6 cm³/mol. The molecule has 0 spiro atoms. The summed E-state index contributed by atoms with van der Waals surface area (Å²) >= 11 is 1.38. The third kappa shape index (κ3) is 2.36. The molecule has 2 aromatic heterocycles. The number of hydrogen-bond acceptors (Lipinski definition) is 3. The second-order valence-electron chi connectivity index (χ2n) is 3.49. The van der Waals surface area contributed by atoms with Gasteiger partial charge in [-0.1, -0.05) is 6.07 Å². The molecule has 0 saturated carbocycles. The molecular weight excluding hydrogens is 224 g/mol. The van der Waals surface area contributed by atoms with Crippen LogP contribution in [0.5, 0.6) is 0 Å². The van der Waals surface area contributed by atoms with Crippen LogP contribution >= 0.6 is 11.8 Å². The van der Waals surface area contributed by atoms with Crippen molar-refractivity contribution in [3.8, 4) is 0 Å². The van der Waals surface area contributed by atoms with Gasteiger partial charge in [0.2, 0.25) is 0 Å². The van der Waals surface area contributed by atoms with E-state index in [-0.39, 0.29) is 0 Å². The minimum atomic E-state index is -0.784. The monoisotopic (exact) mass is 236 g/mol. The van der Waals surface area contributed by atoms with Gasteiger partial charge in [-0.3, -0.25) is 4.79 Å². The molecule has 0 saturated heterocycles. The van der Waals surface area contributed by atoms with Gasteiger partial charge in [0.05, 0.1) is 10.9 Å². The fraction of sp³-hybridized carbons (Fsp3) is 0.273. The normalized spacial score (nSPS) is 12.8. The summed E-state index contributed by atoms with van der Waals surface area (Å²) < 4.78 is 1.93. The highest BCUT2D eigenvalue weighted by atomic mass is 32.2. The standard InChI is InChI=1S/C11H12N2O2S/c1-8(11(14)15)16-7-9-6-13-5-3-2-4-10(13)12-9/h2-6,8H,7H2,1H3,(H,14,15). The summed E-state index contributed by atoms with van der Waals surface area (Å²) in [6.07, 6.45) is 3.86. The minimum absolute atomic E-state index is 0.398. The van der Waals surface area contributed by atoms with Crippen LogP contribution in [0.4, 0.5) is 0 Å². The van der Waals surface area contributed by atoms with Gasteiger partial charge in [-0.15, -0.1) is 11.8 Å². The first-order valence-corrected chi connectivity index (χ1v) is 5.99. The van der Waals surface area contributed by atoms with Crippen LogP contribution in [-0.4, -0.2) is 25.7 Å². The molecule has 0 aromatic carbocycles. The van der Waals surface area contributed by atoms with Crippen molar-refractivity contribution < 1.29 is 9.90 Å². The molecule has 16 heavy (non-hydrogen) atoms. The summed E-state index contributed by atoms with van der Waals surface area (Å²) in [5, 5.41) is 8.36. The summed E-state index contributed by atoms with van der Waals surface area (Å²) in [7, 11) is 0. The maximum absolute atomic E-state index is 10.6. The Morgan fingerprint density at radius 3 is 3.12 bits per heavy atom. The molecule has 0 bridgehead atoms. The molecule has 0 radical (unpaired) electrons. The second kappa shape index (κ2) is 4.57. The lowest BCUT2D eigenvalue weighted by Crippen LogP contribution is -2.11. The van der Waals surface area contributed by atoms with E-state index in [4.69, 9.17) is 5.11 Å². The van der Waals surface area contributed by atoms with Crippen LogP contribution in [0.15, 0.2) is 30.6 Å². The number of nitrogens with zero attached hydrogens (tertiary/aromatic N) is 2. The first kappa shape index (κ1) is 11.0. The highest BCUT2D eigenvalue weighted by Gasteiger charge is 2.12.